The lowest BCUT2D eigenvalue weighted by atomic mass is 9.56. The number of hydrogen-bond acceptors (Lipinski definition) is 2. The highest BCUT2D eigenvalue weighted by atomic mass is 16.3. The monoisotopic (exact) mass is 264 g/mol. The molecule has 0 bridgehead atoms. The molecule has 1 rings (SSSR count). The van der Waals surface area contributed by atoms with Gasteiger partial charge in [-0.15, -0.1) is 0 Å². The maximum atomic E-state index is 9.70. The highest BCUT2D eigenvalue weighted by molar-refractivity contribution is 5.42. The molecule has 0 aliphatic carbocycles. The van der Waals surface area contributed by atoms with Gasteiger partial charge in [0.05, 0.1) is 0 Å². The summed E-state index contributed by atoms with van der Waals surface area (Å²) in [6.07, 6.45) is 2.20. The Bertz CT molecular complexity index is 437. The average Bonchev–Trinajstić information content (AvgIpc) is 2.39. The first-order valence-corrected chi connectivity index (χ1v) is 7.21. The van der Waals surface area contributed by atoms with Crippen LogP contribution in [0.3, 0.4) is 0 Å². The molecule has 0 aliphatic rings. The van der Waals surface area contributed by atoms with Gasteiger partial charge >= 0.3 is 0 Å². The molecule has 1 aromatic rings. The molecule has 0 fully saturated rings. The summed E-state index contributed by atoms with van der Waals surface area (Å²) in [6, 6.07) is 5.19. The summed E-state index contributed by atoms with van der Waals surface area (Å²) < 4.78 is 0. The van der Waals surface area contributed by atoms with Crippen LogP contribution in [-0.2, 0) is 0 Å². The van der Waals surface area contributed by atoms with Crippen LogP contribution in [0.4, 0.5) is 0 Å². The lowest BCUT2D eigenvalue weighted by Gasteiger charge is -2.48. The van der Waals surface area contributed by atoms with Gasteiger partial charge in [0, 0.05) is 0 Å². The molecule has 108 valence electrons. The molecular weight excluding hydrogens is 236 g/mol. The number of benzene rings is 1. The van der Waals surface area contributed by atoms with Crippen LogP contribution in [0, 0.1) is 10.8 Å². The van der Waals surface area contributed by atoms with E-state index < -0.39 is 0 Å². The lowest BCUT2D eigenvalue weighted by molar-refractivity contribution is 0.0519. The zero-order valence-corrected chi connectivity index (χ0v) is 13.1. The van der Waals surface area contributed by atoms with Crippen molar-refractivity contribution in [3.63, 3.8) is 0 Å². The third-order valence-corrected chi connectivity index (χ3v) is 5.62. The first-order chi connectivity index (χ1) is 8.69. The number of rotatable bonds is 5. The maximum Gasteiger partial charge on any atom is 0.157 e. The normalized spacial score (nSPS) is 16.9. The number of phenols is 2. The van der Waals surface area contributed by atoms with Crippen LogP contribution in [0.5, 0.6) is 11.5 Å². The molecule has 0 aliphatic heterocycles. The van der Waals surface area contributed by atoms with E-state index in [0.717, 1.165) is 18.4 Å². The zero-order valence-electron chi connectivity index (χ0n) is 13.1. The molecule has 2 heteroatoms. The fourth-order valence-electron chi connectivity index (χ4n) is 2.95. The number of phenolic OH excluding ortho intramolecular Hbond substituents is 2. The van der Waals surface area contributed by atoms with Gasteiger partial charge in [0.2, 0.25) is 0 Å². The molecule has 2 unspecified atom stereocenters. The van der Waals surface area contributed by atoms with E-state index in [2.05, 4.69) is 41.5 Å². The largest absolute Gasteiger partial charge is 0.504 e. The Hall–Kier alpha value is -1.18. The molecule has 0 saturated carbocycles. The van der Waals surface area contributed by atoms with E-state index in [1.807, 2.05) is 6.07 Å². The summed E-state index contributed by atoms with van der Waals surface area (Å²) in [5.41, 5.74) is 1.45. The fourth-order valence-corrected chi connectivity index (χ4v) is 2.95. The predicted molar refractivity (Wildman–Crippen MR) is 80.7 cm³/mol. The Kier molecular flexibility index (Phi) is 4.54. The van der Waals surface area contributed by atoms with Crippen LogP contribution in [-0.4, -0.2) is 10.2 Å². The SMILES string of the molecule is CCC(C)(C)C(C)(CC)C(C)c1ccc(O)c(O)c1. The van der Waals surface area contributed by atoms with E-state index in [0.29, 0.717) is 5.92 Å². The van der Waals surface area contributed by atoms with E-state index in [-0.39, 0.29) is 22.3 Å². The second-order valence-corrected chi connectivity index (χ2v) is 6.48. The van der Waals surface area contributed by atoms with Crippen LogP contribution < -0.4 is 0 Å². The Morgan fingerprint density at radius 2 is 1.58 bits per heavy atom. The van der Waals surface area contributed by atoms with Gasteiger partial charge in [0.1, 0.15) is 0 Å². The summed E-state index contributed by atoms with van der Waals surface area (Å²) in [5, 5.41) is 19.1. The van der Waals surface area contributed by atoms with Gasteiger partial charge in [-0.25, -0.2) is 0 Å². The van der Waals surface area contributed by atoms with Crippen molar-refractivity contribution < 1.29 is 10.2 Å². The van der Waals surface area contributed by atoms with Gasteiger partial charge in [0.15, 0.2) is 11.5 Å². The van der Waals surface area contributed by atoms with Crippen molar-refractivity contribution >= 4 is 0 Å². The van der Waals surface area contributed by atoms with Crippen molar-refractivity contribution in [2.24, 2.45) is 10.8 Å². The van der Waals surface area contributed by atoms with Crippen LogP contribution in [0.1, 0.15) is 65.9 Å². The minimum atomic E-state index is -0.0519. The van der Waals surface area contributed by atoms with Crippen molar-refractivity contribution in [1.82, 2.24) is 0 Å². The van der Waals surface area contributed by atoms with Crippen molar-refractivity contribution in [2.45, 2.75) is 60.3 Å². The Morgan fingerprint density at radius 3 is 2.00 bits per heavy atom. The molecule has 0 spiro atoms. The van der Waals surface area contributed by atoms with Gasteiger partial charge in [0.25, 0.3) is 0 Å². The summed E-state index contributed by atoms with van der Waals surface area (Å²) in [6.45, 7) is 13.6. The van der Waals surface area contributed by atoms with Gasteiger partial charge in [-0.1, -0.05) is 54.0 Å². The van der Waals surface area contributed by atoms with E-state index in [1.54, 1.807) is 12.1 Å². The smallest absolute Gasteiger partial charge is 0.157 e. The molecule has 0 radical (unpaired) electrons. The Morgan fingerprint density at radius 1 is 1.00 bits per heavy atom. The van der Waals surface area contributed by atoms with E-state index >= 15 is 0 Å². The number of hydrogen-bond donors (Lipinski definition) is 2. The van der Waals surface area contributed by atoms with Crippen LogP contribution in [0.2, 0.25) is 0 Å². The van der Waals surface area contributed by atoms with E-state index in [4.69, 9.17) is 0 Å². The van der Waals surface area contributed by atoms with Gasteiger partial charge in [-0.05, 0) is 40.9 Å². The highest BCUT2D eigenvalue weighted by Crippen LogP contribution is 2.53. The molecule has 2 N–H and O–H groups in total. The zero-order chi connectivity index (χ0) is 14.8. The summed E-state index contributed by atoms with van der Waals surface area (Å²) in [7, 11) is 0. The Balaban J connectivity index is 3.21. The standard InChI is InChI=1S/C17H28O2/c1-7-16(4,5)17(6,8-2)12(3)13-9-10-14(18)15(19)11-13/h9-12,18-19H,7-8H2,1-6H3. The summed E-state index contributed by atoms with van der Waals surface area (Å²) in [5.74, 6) is 0.236. The third-order valence-electron chi connectivity index (χ3n) is 5.62. The van der Waals surface area contributed by atoms with Crippen LogP contribution in [0.25, 0.3) is 0 Å². The first kappa shape index (κ1) is 15.9. The molecule has 0 amide bonds. The second-order valence-electron chi connectivity index (χ2n) is 6.48. The van der Waals surface area contributed by atoms with Crippen molar-refractivity contribution in [3.8, 4) is 11.5 Å². The minimum Gasteiger partial charge on any atom is -0.504 e. The molecule has 0 heterocycles. The molecular formula is C17H28O2. The number of aromatic hydroxyl groups is 2. The topological polar surface area (TPSA) is 40.5 Å². The molecule has 2 nitrogen and oxygen atoms in total. The maximum absolute atomic E-state index is 9.70. The predicted octanol–water partition coefficient (Wildman–Crippen LogP) is 5.05. The minimum absolute atomic E-state index is 0.0305. The van der Waals surface area contributed by atoms with E-state index in [1.165, 1.54) is 0 Å². The first-order valence-electron chi connectivity index (χ1n) is 7.21. The summed E-state index contributed by atoms with van der Waals surface area (Å²) >= 11 is 0. The lowest BCUT2D eigenvalue weighted by Crippen LogP contribution is -2.38. The molecule has 0 aromatic heterocycles. The quantitative estimate of drug-likeness (QED) is 0.730. The third kappa shape index (κ3) is 2.72. The van der Waals surface area contributed by atoms with Crippen LogP contribution in [0.15, 0.2) is 18.2 Å². The van der Waals surface area contributed by atoms with Gasteiger partial charge < -0.3 is 10.2 Å². The Labute approximate surface area is 117 Å². The van der Waals surface area contributed by atoms with Crippen molar-refractivity contribution in [1.29, 1.82) is 0 Å². The van der Waals surface area contributed by atoms with Gasteiger partial charge in [-0.3, -0.25) is 0 Å². The summed E-state index contributed by atoms with van der Waals surface area (Å²) in [4.78, 5) is 0. The molecule has 2 atom stereocenters. The molecule has 0 saturated heterocycles. The van der Waals surface area contributed by atoms with Crippen molar-refractivity contribution in [3.05, 3.63) is 23.8 Å². The molecule has 19 heavy (non-hydrogen) atoms. The molecule has 1 aromatic carbocycles. The second kappa shape index (κ2) is 5.44. The fraction of sp³-hybridized carbons (Fsp3) is 0.647. The highest BCUT2D eigenvalue weighted by Gasteiger charge is 2.42. The average molecular weight is 264 g/mol. The van der Waals surface area contributed by atoms with Crippen LogP contribution >= 0.6 is 0 Å². The van der Waals surface area contributed by atoms with E-state index in [9.17, 15) is 10.2 Å². The van der Waals surface area contributed by atoms with Crippen molar-refractivity contribution in [2.75, 3.05) is 0 Å². The van der Waals surface area contributed by atoms with Gasteiger partial charge in [-0.2, -0.15) is 0 Å².